The van der Waals surface area contributed by atoms with Crippen LogP contribution in [-0.2, 0) is 6.54 Å². The SMILES string of the molecule is CC(C)N(C)[C@@H]1CCN(Cc2ccccc2)C1. The Morgan fingerprint density at radius 2 is 2.00 bits per heavy atom. The Labute approximate surface area is 105 Å². The van der Waals surface area contributed by atoms with E-state index in [0.717, 1.165) is 12.6 Å². The van der Waals surface area contributed by atoms with E-state index in [2.05, 4.69) is 61.0 Å². The Hall–Kier alpha value is -0.860. The van der Waals surface area contributed by atoms with E-state index < -0.39 is 0 Å². The van der Waals surface area contributed by atoms with Crippen molar-refractivity contribution >= 4 is 0 Å². The fourth-order valence-electron chi connectivity index (χ4n) is 2.55. The van der Waals surface area contributed by atoms with Gasteiger partial charge in [-0.05, 0) is 32.9 Å². The van der Waals surface area contributed by atoms with Crippen LogP contribution in [0.2, 0.25) is 0 Å². The Balaban J connectivity index is 1.86. The van der Waals surface area contributed by atoms with Gasteiger partial charge in [0.25, 0.3) is 0 Å². The predicted molar refractivity (Wildman–Crippen MR) is 73.0 cm³/mol. The zero-order valence-corrected chi connectivity index (χ0v) is 11.3. The van der Waals surface area contributed by atoms with Gasteiger partial charge in [0.2, 0.25) is 0 Å². The van der Waals surface area contributed by atoms with Crippen molar-refractivity contribution in [1.82, 2.24) is 9.80 Å². The molecule has 1 heterocycles. The van der Waals surface area contributed by atoms with Crippen LogP contribution in [-0.4, -0.2) is 42.0 Å². The lowest BCUT2D eigenvalue weighted by molar-refractivity contribution is 0.190. The topological polar surface area (TPSA) is 6.48 Å². The predicted octanol–water partition coefficient (Wildman–Crippen LogP) is 2.60. The highest BCUT2D eigenvalue weighted by Crippen LogP contribution is 2.18. The van der Waals surface area contributed by atoms with E-state index >= 15 is 0 Å². The summed E-state index contributed by atoms with van der Waals surface area (Å²) in [6.45, 7) is 8.10. The van der Waals surface area contributed by atoms with Crippen LogP contribution in [0, 0.1) is 0 Å². The number of hydrogen-bond donors (Lipinski definition) is 0. The zero-order valence-electron chi connectivity index (χ0n) is 11.3. The second kappa shape index (κ2) is 5.65. The molecule has 0 N–H and O–H groups in total. The van der Waals surface area contributed by atoms with Gasteiger partial charge in [0, 0.05) is 31.7 Å². The van der Waals surface area contributed by atoms with Gasteiger partial charge in [-0.3, -0.25) is 9.80 Å². The maximum atomic E-state index is 2.57. The lowest BCUT2D eigenvalue weighted by Gasteiger charge is -2.28. The summed E-state index contributed by atoms with van der Waals surface area (Å²) in [6.07, 6.45) is 1.31. The van der Waals surface area contributed by atoms with Crippen molar-refractivity contribution in [3.63, 3.8) is 0 Å². The van der Waals surface area contributed by atoms with Crippen LogP contribution >= 0.6 is 0 Å². The molecule has 0 aliphatic carbocycles. The van der Waals surface area contributed by atoms with E-state index in [4.69, 9.17) is 0 Å². The van der Waals surface area contributed by atoms with Gasteiger partial charge in [0.1, 0.15) is 0 Å². The van der Waals surface area contributed by atoms with E-state index in [1.165, 1.54) is 25.1 Å². The lowest BCUT2D eigenvalue weighted by atomic mass is 10.2. The monoisotopic (exact) mass is 232 g/mol. The van der Waals surface area contributed by atoms with Crippen LogP contribution in [0.1, 0.15) is 25.8 Å². The van der Waals surface area contributed by atoms with Gasteiger partial charge in [0.05, 0.1) is 0 Å². The quantitative estimate of drug-likeness (QED) is 0.787. The fourth-order valence-corrected chi connectivity index (χ4v) is 2.55. The van der Waals surface area contributed by atoms with Crippen LogP contribution < -0.4 is 0 Å². The van der Waals surface area contributed by atoms with E-state index in [9.17, 15) is 0 Å². The number of hydrogen-bond acceptors (Lipinski definition) is 2. The molecule has 1 aliphatic rings. The fraction of sp³-hybridized carbons (Fsp3) is 0.600. The molecule has 2 nitrogen and oxygen atoms in total. The first-order valence-corrected chi connectivity index (χ1v) is 6.65. The summed E-state index contributed by atoms with van der Waals surface area (Å²) >= 11 is 0. The van der Waals surface area contributed by atoms with Crippen LogP contribution in [0.15, 0.2) is 30.3 Å². The van der Waals surface area contributed by atoms with Gasteiger partial charge in [0.15, 0.2) is 0 Å². The molecular formula is C15H24N2. The maximum Gasteiger partial charge on any atom is 0.0235 e. The number of benzene rings is 1. The number of likely N-dealkylation sites (tertiary alicyclic amines) is 1. The second-order valence-electron chi connectivity index (χ2n) is 5.42. The Bertz CT molecular complexity index is 334. The molecule has 2 rings (SSSR count). The van der Waals surface area contributed by atoms with Crippen molar-refractivity contribution in [2.24, 2.45) is 0 Å². The average molecular weight is 232 g/mol. The van der Waals surface area contributed by atoms with Crippen LogP contribution in [0.4, 0.5) is 0 Å². The van der Waals surface area contributed by atoms with E-state index in [1.54, 1.807) is 0 Å². The van der Waals surface area contributed by atoms with Gasteiger partial charge < -0.3 is 0 Å². The zero-order chi connectivity index (χ0) is 12.3. The molecule has 1 fully saturated rings. The minimum Gasteiger partial charge on any atom is -0.300 e. The van der Waals surface area contributed by atoms with Gasteiger partial charge >= 0.3 is 0 Å². The summed E-state index contributed by atoms with van der Waals surface area (Å²) in [7, 11) is 2.25. The Kier molecular flexibility index (Phi) is 4.19. The van der Waals surface area contributed by atoms with Gasteiger partial charge in [-0.1, -0.05) is 30.3 Å². The van der Waals surface area contributed by atoms with Crippen LogP contribution in [0.25, 0.3) is 0 Å². The molecule has 94 valence electrons. The van der Waals surface area contributed by atoms with Crippen molar-refractivity contribution in [2.45, 2.75) is 38.9 Å². The van der Waals surface area contributed by atoms with Crippen LogP contribution in [0.5, 0.6) is 0 Å². The standard InChI is InChI=1S/C15H24N2/c1-13(2)16(3)15-9-10-17(12-15)11-14-7-5-4-6-8-14/h4-8,13,15H,9-12H2,1-3H3/t15-/m1/s1. The van der Waals surface area contributed by atoms with Crippen LogP contribution in [0.3, 0.4) is 0 Å². The first kappa shape index (κ1) is 12.6. The molecule has 0 unspecified atom stereocenters. The highest BCUT2D eigenvalue weighted by atomic mass is 15.2. The van der Waals surface area contributed by atoms with Gasteiger partial charge in [-0.2, -0.15) is 0 Å². The lowest BCUT2D eigenvalue weighted by Crippen LogP contribution is -2.38. The minimum atomic E-state index is 0.650. The van der Waals surface area contributed by atoms with E-state index in [-0.39, 0.29) is 0 Å². The van der Waals surface area contributed by atoms with Crippen molar-refractivity contribution in [2.75, 3.05) is 20.1 Å². The summed E-state index contributed by atoms with van der Waals surface area (Å²) in [5, 5.41) is 0. The second-order valence-corrected chi connectivity index (χ2v) is 5.42. The molecule has 0 aromatic heterocycles. The van der Waals surface area contributed by atoms with Crippen molar-refractivity contribution in [3.05, 3.63) is 35.9 Å². The third-order valence-electron chi connectivity index (χ3n) is 3.89. The molecule has 0 saturated carbocycles. The van der Waals surface area contributed by atoms with Crippen molar-refractivity contribution in [1.29, 1.82) is 0 Å². The van der Waals surface area contributed by atoms with Crippen molar-refractivity contribution in [3.8, 4) is 0 Å². The third kappa shape index (κ3) is 3.30. The molecule has 0 radical (unpaired) electrons. The highest BCUT2D eigenvalue weighted by Gasteiger charge is 2.26. The first-order chi connectivity index (χ1) is 8.16. The maximum absolute atomic E-state index is 2.57. The molecule has 1 aromatic carbocycles. The summed E-state index contributed by atoms with van der Waals surface area (Å²) in [6, 6.07) is 12.2. The summed E-state index contributed by atoms with van der Waals surface area (Å²) < 4.78 is 0. The molecule has 17 heavy (non-hydrogen) atoms. The van der Waals surface area contributed by atoms with Gasteiger partial charge in [-0.15, -0.1) is 0 Å². The number of rotatable bonds is 4. The largest absolute Gasteiger partial charge is 0.300 e. The molecule has 1 saturated heterocycles. The van der Waals surface area contributed by atoms with Gasteiger partial charge in [-0.25, -0.2) is 0 Å². The molecule has 2 heteroatoms. The highest BCUT2D eigenvalue weighted by molar-refractivity contribution is 5.14. The van der Waals surface area contributed by atoms with Crippen molar-refractivity contribution < 1.29 is 0 Å². The van der Waals surface area contributed by atoms with E-state index in [0.29, 0.717) is 6.04 Å². The average Bonchev–Trinajstić information content (AvgIpc) is 2.77. The third-order valence-corrected chi connectivity index (χ3v) is 3.89. The molecular weight excluding hydrogens is 208 g/mol. The number of likely N-dealkylation sites (N-methyl/N-ethyl adjacent to an activating group) is 1. The first-order valence-electron chi connectivity index (χ1n) is 6.65. The molecule has 0 amide bonds. The Morgan fingerprint density at radius 1 is 1.29 bits per heavy atom. The normalized spacial score (nSPS) is 21.6. The molecule has 1 atom stereocenters. The van der Waals surface area contributed by atoms with E-state index in [1.807, 2.05) is 0 Å². The summed E-state index contributed by atoms with van der Waals surface area (Å²) in [5.41, 5.74) is 1.43. The minimum absolute atomic E-state index is 0.650. The molecule has 1 aromatic rings. The molecule has 1 aliphatic heterocycles. The number of nitrogens with zero attached hydrogens (tertiary/aromatic N) is 2. The summed E-state index contributed by atoms with van der Waals surface area (Å²) in [5.74, 6) is 0. The molecule has 0 bridgehead atoms. The summed E-state index contributed by atoms with van der Waals surface area (Å²) in [4.78, 5) is 5.07. The molecule has 0 spiro atoms. The Morgan fingerprint density at radius 3 is 2.65 bits per heavy atom. The smallest absolute Gasteiger partial charge is 0.0235 e.